The van der Waals surface area contributed by atoms with Crippen LogP contribution in [-0.2, 0) is 10.0 Å². The Morgan fingerprint density at radius 1 is 1.42 bits per heavy atom. The van der Waals surface area contributed by atoms with E-state index in [2.05, 4.69) is 4.98 Å². The second-order valence-electron chi connectivity index (χ2n) is 4.96. The van der Waals surface area contributed by atoms with Crippen molar-refractivity contribution in [3.63, 3.8) is 0 Å². The number of carboxylic acid groups (broad SMARTS) is 1. The van der Waals surface area contributed by atoms with E-state index in [1.54, 1.807) is 6.92 Å². The molecule has 1 aliphatic rings. The lowest BCUT2D eigenvalue weighted by molar-refractivity contribution is 0.0126. The van der Waals surface area contributed by atoms with E-state index in [0.717, 1.165) is 6.07 Å². The number of H-pyrrole nitrogens is 1. The first kappa shape index (κ1) is 14.0. The second kappa shape index (κ2) is 4.62. The van der Waals surface area contributed by atoms with Gasteiger partial charge in [-0.05, 0) is 25.8 Å². The summed E-state index contributed by atoms with van der Waals surface area (Å²) in [7, 11) is -3.70. The van der Waals surface area contributed by atoms with Crippen molar-refractivity contribution in [3.05, 3.63) is 18.0 Å². The van der Waals surface area contributed by atoms with E-state index < -0.39 is 21.6 Å². The van der Waals surface area contributed by atoms with Crippen LogP contribution < -0.4 is 0 Å². The van der Waals surface area contributed by atoms with Gasteiger partial charge in [-0.25, -0.2) is 13.2 Å². The molecule has 0 atom stereocenters. The molecule has 1 aromatic heterocycles. The Morgan fingerprint density at radius 2 is 2.00 bits per heavy atom. The zero-order valence-electron chi connectivity index (χ0n) is 10.5. The number of aromatic nitrogens is 1. The van der Waals surface area contributed by atoms with Gasteiger partial charge in [-0.3, -0.25) is 0 Å². The van der Waals surface area contributed by atoms with E-state index in [1.807, 2.05) is 0 Å². The number of piperidine rings is 1. The second-order valence-corrected chi connectivity index (χ2v) is 6.89. The molecule has 0 saturated carbocycles. The number of aliphatic hydroxyl groups is 1. The number of hydrogen-bond acceptors (Lipinski definition) is 4. The summed E-state index contributed by atoms with van der Waals surface area (Å²) in [6, 6.07) is 1.10. The molecule has 0 aromatic carbocycles. The number of carbonyl (C=O) groups is 1. The summed E-state index contributed by atoms with van der Waals surface area (Å²) >= 11 is 0. The Hall–Kier alpha value is -1.38. The monoisotopic (exact) mass is 288 g/mol. The molecule has 0 bridgehead atoms. The highest BCUT2D eigenvalue weighted by atomic mass is 32.2. The van der Waals surface area contributed by atoms with Crippen molar-refractivity contribution in [2.45, 2.75) is 30.3 Å². The fourth-order valence-electron chi connectivity index (χ4n) is 2.00. The van der Waals surface area contributed by atoms with Gasteiger partial charge in [0.1, 0.15) is 10.6 Å². The van der Waals surface area contributed by atoms with Crippen LogP contribution >= 0.6 is 0 Å². The summed E-state index contributed by atoms with van der Waals surface area (Å²) in [6.07, 6.45) is 1.90. The minimum atomic E-state index is -3.70. The molecule has 3 N–H and O–H groups in total. The summed E-state index contributed by atoms with van der Waals surface area (Å²) in [4.78, 5) is 13.1. The molecule has 8 heteroatoms. The van der Waals surface area contributed by atoms with Crippen LogP contribution in [0.25, 0.3) is 0 Å². The van der Waals surface area contributed by atoms with Crippen LogP contribution in [0.3, 0.4) is 0 Å². The minimum absolute atomic E-state index is 0.0635. The predicted octanol–water partition coefficient (Wildman–Crippen LogP) is 0.248. The summed E-state index contributed by atoms with van der Waals surface area (Å²) < 4.78 is 25.8. The van der Waals surface area contributed by atoms with Crippen LogP contribution in [0.4, 0.5) is 0 Å². The third-order valence-corrected chi connectivity index (χ3v) is 5.20. The summed E-state index contributed by atoms with van der Waals surface area (Å²) in [6.45, 7) is 2.13. The highest BCUT2D eigenvalue weighted by molar-refractivity contribution is 7.89. The standard InChI is InChI=1S/C11H16N2O5S/c1-11(16)2-4-13(5-3-11)19(17,18)8-6-9(10(14)15)12-7-8/h6-7,12,16H,2-5H2,1H3,(H,14,15). The number of nitrogens with one attached hydrogen (secondary N) is 1. The molecule has 106 valence electrons. The van der Waals surface area contributed by atoms with Gasteiger partial charge in [0.25, 0.3) is 0 Å². The fourth-order valence-corrected chi connectivity index (χ4v) is 3.44. The van der Waals surface area contributed by atoms with Crippen molar-refractivity contribution in [1.82, 2.24) is 9.29 Å². The summed E-state index contributed by atoms with van der Waals surface area (Å²) in [5.41, 5.74) is -1.00. The van der Waals surface area contributed by atoms with E-state index in [1.165, 1.54) is 10.5 Å². The Labute approximate surface area is 110 Å². The molecule has 0 aliphatic carbocycles. The number of aromatic amines is 1. The summed E-state index contributed by atoms with van der Waals surface area (Å²) in [5, 5.41) is 18.6. The first-order valence-corrected chi connectivity index (χ1v) is 7.31. The van der Waals surface area contributed by atoms with E-state index in [-0.39, 0.29) is 23.7 Å². The zero-order valence-corrected chi connectivity index (χ0v) is 11.3. The molecule has 1 fully saturated rings. The number of rotatable bonds is 3. The van der Waals surface area contributed by atoms with Gasteiger partial charge in [0.15, 0.2) is 0 Å². The van der Waals surface area contributed by atoms with Crippen molar-refractivity contribution in [2.75, 3.05) is 13.1 Å². The van der Waals surface area contributed by atoms with Gasteiger partial charge < -0.3 is 15.2 Å². The lowest BCUT2D eigenvalue weighted by atomic mass is 9.95. The number of carboxylic acids is 1. The highest BCUT2D eigenvalue weighted by Gasteiger charge is 2.34. The van der Waals surface area contributed by atoms with Crippen molar-refractivity contribution >= 4 is 16.0 Å². The molecule has 0 spiro atoms. The highest BCUT2D eigenvalue weighted by Crippen LogP contribution is 2.26. The number of sulfonamides is 1. The molecular formula is C11H16N2O5S. The van der Waals surface area contributed by atoms with Crippen molar-refractivity contribution < 1.29 is 23.4 Å². The Kier molecular flexibility index (Phi) is 3.41. The normalized spacial score (nSPS) is 20.3. The smallest absolute Gasteiger partial charge is 0.352 e. The molecular weight excluding hydrogens is 272 g/mol. The van der Waals surface area contributed by atoms with Crippen LogP contribution in [0.15, 0.2) is 17.2 Å². The average molecular weight is 288 g/mol. The van der Waals surface area contributed by atoms with Gasteiger partial charge in [-0.1, -0.05) is 0 Å². The van der Waals surface area contributed by atoms with Crippen molar-refractivity contribution in [3.8, 4) is 0 Å². The van der Waals surface area contributed by atoms with Gasteiger partial charge in [-0.15, -0.1) is 0 Å². The SMILES string of the molecule is CC1(O)CCN(S(=O)(=O)c2c[nH]c(C(=O)O)c2)CC1. The number of aromatic carboxylic acids is 1. The third-order valence-electron chi connectivity index (χ3n) is 3.32. The molecule has 2 heterocycles. The van der Waals surface area contributed by atoms with Crippen molar-refractivity contribution in [2.24, 2.45) is 0 Å². The average Bonchev–Trinajstić information content (AvgIpc) is 2.78. The molecule has 7 nitrogen and oxygen atoms in total. The van der Waals surface area contributed by atoms with Gasteiger partial charge in [0.05, 0.1) is 5.60 Å². The quantitative estimate of drug-likeness (QED) is 0.738. The van der Waals surface area contributed by atoms with E-state index >= 15 is 0 Å². The maximum absolute atomic E-state index is 12.3. The topological polar surface area (TPSA) is 111 Å². The molecule has 1 aromatic rings. The fraction of sp³-hybridized carbons (Fsp3) is 0.545. The molecule has 0 unspecified atom stereocenters. The van der Waals surface area contributed by atoms with Gasteiger partial charge in [0, 0.05) is 19.3 Å². The third kappa shape index (κ3) is 2.80. The van der Waals surface area contributed by atoms with Crippen LogP contribution in [0.5, 0.6) is 0 Å². The predicted molar refractivity (Wildman–Crippen MR) is 66.4 cm³/mol. The van der Waals surface area contributed by atoms with E-state index in [9.17, 15) is 18.3 Å². The van der Waals surface area contributed by atoms with Crippen molar-refractivity contribution in [1.29, 1.82) is 0 Å². The Bertz CT molecular complexity index is 580. The molecule has 2 rings (SSSR count). The first-order chi connectivity index (χ1) is 8.72. The largest absolute Gasteiger partial charge is 0.477 e. The molecule has 0 amide bonds. The van der Waals surface area contributed by atoms with Gasteiger partial charge in [0.2, 0.25) is 10.0 Å². The minimum Gasteiger partial charge on any atom is -0.477 e. The van der Waals surface area contributed by atoms with Crippen LogP contribution in [0.2, 0.25) is 0 Å². The van der Waals surface area contributed by atoms with Crippen LogP contribution in [-0.4, -0.2) is 52.6 Å². The van der Waals surface area contributed by atoms with E-state index in [4.69, 9.17) is 5.11 Å². The van der Waals surface area contributed by atoms with E-state index in [0.29, 0.717) is 12.8 Å². The molecule has 1 saturated heterocycles. The number of nitrogens with zero attached hydrogens (tertiary/aromatic N) is 1. The molecule has 0 radical (unpaired) electrons. The summed E-state index contributed by atoms with van der Waals surface area (Å²) in [5.74, 6) is -1.21. The Balaban J connectivity index is 2.20. The van der Waals surface area contributed by atoms with Crippen LogP contribution in [0, 0.1) is 0 Å². The zero-order chi connectivity index (χ0) is 14.3. The van der Waals surface area contributed by atoms with Gasteiger partial charge >= 0.3 is 5.97 Å². The Morgan fingerprint density at radius 3 is 2.47 bits per heavy atom. The number of hydrogen-bond donors (Lipinski definition) is 3. The first-order valence-electron chi connectivity index (χ1n) is 5.87. The molecule has 1 aliphatic heterocycles. The lowest BCUT2D eigenvalue weighted by Crippen LogP contribution is -2.44. The van der Waals surface area contributed by atoms with Crippen LogP contribution in [0.1, 0.15) is 30.3 Å². The maximum atomic E-state index is 12.3. The maximum Gasteiger partial charge on any atom is 0.352 e. The lowest BCUT2D eigenvalue weighted by Gasteiger charge is -2.34. The molecule has 19 heavy (non-hydrogen) atoms. The van der Waals surface area contributed by atoms with Gasteiger partial charge in [-0.2, -0.15) is 4.31 Å².